The number of carbonyl (C=O) groups excluding carboxylic acids is 1. The van der Waals surface area contributed by atoms with E-state index in [1.807, 2.05) is 48.1 Å². The average Bonchev–Trinajstić information content (AvgIpc) is 3.05. The predicted octanol–water partition coefficient (Wildman–Crippen LogP) is 4.00. The van der Waals surface area contributed by atoms with Crippen molar-refractivity contribution < 1.29 is 4.79 Å². The molecule has 1 aromatic carbocycles. The molecule has 28 heavy (non-hydrogen) atoms. The van der Waals surface area contributed by atoms with Crippen LogP contribution in [0, 0.1) is 11.8 Å². The van der Waals surface area contributed by atoms with Crippen LogP contribution >= 0.6 is 0 Å². The summed E-state index contributed by atoms with van der Waals surface area (Å²) in [6.07, 6.45) is 8.03. The quantitative estimate of drug-likeness (QED) is 0.648. The number of nitrogens with one attached hydrogen (secondary N) is 1. The number of amides is 1. The van der Waals surface area contributed by atoms with Crippen molar-refractivity contribution in [3.63, 3.8) is 0 Å². The van der Waals surface area contributed by atoms with Gasteiger partial charge in [0.2, 0.25) is 0 Å². The van der Waals surface area contributed by atoms with Crippen LogP contribution in [0.5, 0.6) is 0 Å². The number of carbonyl (C=O) groups is 1. The summed E-state index contributed by atoms with van der Waals surface area (Å²) >= 11 is 0. The number of piperidine rings is 1. The fourth-order valence-electron chi connectivity index (χ4n) is 4.10. The van der Waals surface area contributed by atoms with Gasteiger partial charge in [-0.25, -0.2) is 0 Å². The van der Waals surface area contributed by atoms with Crippen LogP contribution in [-0.2, 0) is 7.05 Å². The van der Waals surface area contributed by atoms with Gasteiger partial charge in [-0.3, -0.25) is 4.79 Å². The van der Waals surface area contributed by atoms with E-state index in [1.54, 1.807) is 0 Å². The number of aromatic nitrogens is 1. The second kappa shape index (κ2) is 8.53. The molecule has 5 heteroatoms. The van der Waals surface area contributed by atoms with Crippen LogP contribution in [0.2, 0.25) is 0 Å². The molecule has 2 aliphatic heterocycles. The molecule has 1 fully saturated rings. The summed E-state index contributed by atoms with van der Waals surface area (Å²) in [5.74, 6) is 6.60. The summed E-state index contributed by atoms with van der Waals surface area (Å²) in [6.45, 7) is 4.22. The molecule has 5 nitrogen and oxygen atoms in total. The van der Waals surface area contributed by atoms with Crippen molar-refractivity contribution in [1.29, 1.82) is 0 Å². The zero-order valence-electron chi connectivity index (χ0n) is 16.6. The molecule has 1 N–H and O–H groups in total. The summed E-state index contributed by atoms with van der Waals surface area (Å²) < 4.78 is 1.87. The average molecular weight is 377 g/mol. The highest BCUT2D eigenvalue weighted by Crippen LogP contribution is 2.37. The zero-order valence-corrected chi connectivity index (χ0v) is 16.6. The maximum absolute atomic E-state index is 12.7. The number of nitrogens with zero attached hydrogens (tertiary/aromatic N) is 3. The number of unbranched alkanes of at least 4 members (excludes halogenated alkanes) is 1. The summed E-state index contributed by atoms with van der Waals surface area (Å²) in [5.41, 5.74) is 3.40. The van der Waals surface area contributed by atoms with Crippen molar-refractivity contribution in [1.82, 2.24) is 9.47 Å². The molecule has 0 bridgehead atoms. The predicted molar refractivity (Wildman–Crippen MR) is 114 cm³/mol. The molecule has 0 saturated carbocycles. The zero-order chi connectivity index (χ0) is 19.3. The summed E-state index contributed by atoms with van der Waals surface area (Å²) in [4.78, 5) is 17.4. The number of hydrogen-bond acceptors (Lipinski definition) is 3. The molecule has 0 atom stereocenters. The Balaban J connectivity index is 1.45. The van der Waals surface area contributed by atoms with Crippen LogP contribution in [0.4, 0.5) is 17.1 Å². The minimum absolute atomic E-state index is 0.0769. The highest BCUT2D eigenvalue weighted by molar-refractivity contribution is 6.11. The number of hydrogen-bond donors (Lipinski definition) is 1. The van der Waals surface area contributed by atoms with Gasteiger partial charge in [0.05, 0.1) is 23.6 Å². The third kappa shape index (κ3) is 3.93. The standard InChI is InChI=1S/C23H28N4O/c1-25-18-13-21-22(25)23(28)24-19-11-5-6-12-20(19)27(21)17-10-3-2-7-14-26-15-8-4-9-16-26/h5-6,11-13,18H,2,4,7-9,14-17H2,1H3,(H,24,28). The normalized spacial score (nSPS) is 16.5. The number of anilines is 3. The number of rotatable bonds is 4. The van der Waals surface area contributed by atoms with E-state index in [2.05, 4.69) is 27.0 Å². The summed E-state index contributed by atoms with van der Waals surface area (Å²) in [5, 5.41) is 3.03. The first-order chi connectivity index (χ1) is 13.7. The number of para-hydroxylation sites is 2. The molecule has 2 aromatic rings. The van der Waals surface area contributed by atoms with Gasteiger partial charge in [-0.1, -0.05) is 24.5 Å². The van der Waals surface area contributed by atoms with E-state index in [1.165, 1.54) is 32.4 Å². The lowest BCUT2D eigenvalue weighted by Gasteiger charge is -2.25. The second-order valence-electron chi connectivity index (χ2n) is 7.58. The summed E-state index contributed by atoms with van der Waals surface area (Å²) in [7, 11) is 1.90. The van der Waals surface area contributed by atoms with E-state index in [-0.39, 0.29) is 5.91 Å². The maximum atomic E-state index is 12.7. The highest BCUT2D eigenvalue weighted by atomic mass is 16.2. The van der Waals surface area contributed by atoms with Crippen molar-refractivity contribution >= 4 is 23.0 Å². The van der Waals surface area contributed by atoms with Crippen LogP contribution in [0.25, 0.3) is 0 Å². The van der Waals surface area contributed by atoms with Crippen molar-refractivity contribution in [3.05, 3.63) is 42.2 Å². The van der Waals surface area contributed by atoms with E-state index in [4.69, 9.17) is 0 Å². The van der Waals surface area contributed by atoms with Crippen LogP contribution in [-0.4, -0.2) is 41.6 Å². The Kier molecular flexibility index (Phi) is 5.68. The second-order valence-corrected chi connectivity index (χ2v) is 7.58. The van der Waals surface area contributed by atoms with Crippen molar-refractivity contribution in [2.24, 2.45) is 7.05 Å². The first-order valence-corrected chi connectivity index (χ1v) is 10.3. The molecule has 4 rings (SSSR count). The van der Waals surface area contributed by atoms with Crippen molar-refractivity contribution in [3.8, 4) is 11.8 Å². The Labute approximate surface area is 167 Å². The Morgan fingerprint density at radius 3 is 2.71 bits per heavy atom. The van der Waals surface area contributed by atoms with Gasteiger partial charge in [-0.05, 0) is 57.1 Å². The molecule has 3 heterocycles. The van der Waals surface area contributed by atoms with Gasteiger partial charge in [0.1, 0.15) is 5.69 Å². The molecule has 146 valence electrons. The smallest absolute Gasteiger partial charge is 0.274 e. The largest absolute Gasteiger partial charge is 0.345 e. The highest BCUT2D eigenvalue weighted by Gasteiger charge is 2.26. The van der Waals surface area contributed by atoms with E-state index in [0.29, 0.717) is 12.2 Å². The molecule has 1 saturated heterocycles. The van der Waals surface area contributed by atoms with Crippen LogP contribution in [0.3, 0.4) is 0 Å². The lowest BCUT2D eigenvalue weighted by molar-refractivity contribution is 0.102. The molecular weight excluding hydrogens is 348 g/mol. The number of likely N-dealkylation sites (tertiary alicyclic amines) is 1. The van der Waals surface area contributed by atoms with Gasteiger partial charge >= 0.3 is 0 Å². The number of fused-ring (bicyclic) bond motifs is 2. The van der Waals surface area contributed by atoms with Gasteiger partial charge in [0.15, 0.2) is 0 Å². The lowest BCUT2D eigenvalue weighted by atomic mass is 10.1. The minimum Gasteiger partial charge on any atom is -0.345 e. The third-order valence-electron chi connectivity index (χ3n) is 5.59. The molecule has 0 radical (unpaired) electrons. The molecule has 0 unspecified atom stereocenters. The van der Waals surface area contributed by atoms with E-state index in [0.717, 1.165) is 36.4 Å². The fourth-order valence-corrected chi connectivity index (χ4v) is 4.10. The molecule has 0 spiro atoms. The van der Waals surface area contributed by atoms with E-state index in [9.17, 15) is 4.79 Å². The van der Waals surface area contributed by atoms with Crippen molar-refractivity contribution in [2.45, 2.75) is 32.1 Å². The van der Waals surface area contributed by atoms with Gasteiger partial charge in [-0.2, -0.15) is 0 Å². The molecule has 0 aliphatic carbocycles. The molecule has 1 aromatic heterocycles. The first-order valence-electron chi connectivity index (χ1n) is 10.3. The van der Waals surface area contributed by atoms with Gasteiger partial charge in [0, 0.05) is 19.7 Å². The fraction of sp³-hybridized carbons (Fsp3) is 0.435. The number of aryl methyl sites for hydroxylation is 1. The number of benzene rings is 1. The van der Waals surface area contributed by atoms with E-state index >= 15 is 0 Å². The van der Waals surface area contributed by atoms with Crippen molar-refractivity contribution in [2.75, 3.05) is 36.4 Å². The maximum Gasteiger partial charge on any atom is 0.274 e. The lowest BCUT2D eigenvalue weighted by Crippen LogP contribution is -2.30. The topological polar surface area (TPSA) is 40.5 Å². The third-order valence-corrected chi connectivity index (χ3v) is 5.59. The molecule has 2 aliphatic rings. The van der Waals surface area contributed by atoms with Gasteiger partial charge < -0.3 is 19.7 Å². The SMILES string of the molecule is Cn1ccc2c1C(=O)Nc1ccccc1N2CC#CCCCN1CCCCC1. The van der Waals surface area contributed by atoms with Gasteiger partial charge in [0.25, 0.3) is 5.91 Å². The molecular formula is C23H28N4O. The Morgan fingerprint density at radius 1 is 1.04 bits per heavy atom. The Hall–Kier alpha value is -2.71. The Bertz CT molecular complexity index is 899. The summed E-state index contributed by atoms with van der Waals surface area (Å²) in [6, 6.07) is 9.92. The minimum atomic E-state index is -0.0769. The van der Waals surface area contributed by atoms with Crippen LogP contribution in [0.15, 0.2) is 36.5 Å². The van der Waals surface area contributed by atoms with Crippen LogP contribution in [0.1, 0.15) is 42.6 Å². The van der Waals surface area contributed by atoms with Gasteiger partial charge in [-0.15, -0.1) is 5.92 Å². The first kappa shape index (κ1) is 18.6. The van der Waals surface area contributed by atoms with Crippen LogP contribution < -0.4 is 10.2 Å². The van der Waals surface area contributed by atoms with E-state index < -0.39 is 0 Å². The monoisotopic (exact) mass is 376 g/mol. The Morgan fingerprint density at radius 2 is 1.86 bits per heavy atom. The molecule has 1 amide bonds.